The molecule has 0 spiro atoms. The molecule has 1 N–H and O–H groups in total. The zero-order valence-corrected chi connectivity index (χ0v) is 11.6. The Morgan fingerprint density at radius 3 is 2.86 bits per heavy atom. The minimum absolute atomic E-state index is 0.0886. The molecule has 1 atom stereocenters. The molecular formula is C14H12F2N4O2. The van der Waals surface area contributed by atoms with Crippen LogP contribution in [0, 0.1) is 18.6 Å². The van der Waals surface area contributed by atoms with E-state index in [9.17, 15) is 18.7 Å². The number of hydrogen-bond acceptors (Lipinski definition) is 4. The van der Waals surface area contributed by atoms with Gasteiger partial charge in [-0.15, -0.1) is 0 Å². The topological polar surface area (TPSA) is 72.4 Å². The molecule has 0 unspecified atom stereocenters. The first-order valence-corrected chi connectivity index (χ1v) is 6.50. The van der Waals surface area contributed by atoms with Gasteiger partial charge in [0.05, 0.1) is 12.6 Å². The largest absolute Gasteiger partial charge is 0.386 e. The van der Waals surface area contributed by atoms with E-state index in [1.165, 1.54) is 17.0 Å². The molecule has 0 amide bonds. The van der Waals surface area contributed by atoms with Gasteiger partial charge in [-0.1, -0.05) is 0 Å². The van der Waals surface area contributed by atoms with E-state index < -0.39 is 17.7 Å². The maximum absolute atomic E-state index is 13.7. The minimum Gasteiger partial charge on any atom is -0.386 e. The number of halogens is 2. The summed E-state index contributed by atoms with van der Waals surface area (Å²) in [6, 6.07) is 4.21. The zero-order valence-electron chi connectivity index (χ0n) is 11.6. The van der Waals surface area contributed by atoms with Gasteiger partial charge in [-0.05, 0) is 25.1 Å². The first-order valence-electron chi connectivity index (χ1n) is 6.50. The molecule has 0 radical (unpaired) electrons. The maximum Gasteiger partial charge on any atom is 0.275 e. The minimum atomic E-state index is -1.29. The molecule has 0 saturated heterocycles. The first kappa shape index (κ1) is 14.3. The van der Waals surface area contributed by atoms with E-state index >= 15 is 0 Å². The molecule has 8 heteroatoms. The summed E-state index contributed by atoms with van der Waals surface area (Å²) >= 11 is 0. The Kier molecular flexibility index (Phi) is 3.45. The summed E-state index contributed by atoms with van der Waals surface area (Å²) in [6.07, 6.45) is -0.0839. The average molecular weight is 306 g/mol. The van der Waals surface area contributed by atoms with Gasteiger partial charge in [-0.3, -0.25) is 4.79 Å². The second-order valence-electron chi connectivity index (χ2n) is 4.89. The molecule has 0 aliphatic carbocycles. The molecule has 0 fully saturated rings. The van der Waals surface area contributed by atoms with E-state index in [4.69, 9.17) is 0 Å². The third-order valence-corrected chi connectivity index (χ3v) is 3.41. The third kappa shape index (κ3) is 2.37. The van der Waals surface area contributed by atoms with Gasteiger partial charge < -0.3 is 9.67 Å². The molecule has 0 aliphatic heterocycles. The highest BCUT2D eigenvalue weighted by Crippen LogP contribution is 2.21. The summed E-state index contributed by atoms with van der Waals surface area (Å²) in [7, 11) is 0. The van der Waals surface area contributed by atoms with Gasteiger partial charge >= 0.3 is 0 Å². The third-order valence-electron chi connectivity index (χ3n) is 3.41. The Labute approximate surface area is 123 Å². The van der Waals surface area contributed by atoms with Crippen molar-refractivity contribution in [3.05, 3.63) is 63.8 Å². The monoisotopic (exact) mass is 306 g/mol. The molecule has 1 aromatic carbocycles. The van der Waals surface area contributed by atoms with Crippen LogP contribution in [0.4, 0.5) is 8.78 Å². The Hall–Kier alpha value is -2.61. The molecule has 2 heterocycles. The van der Waals surface area contributed by atoms with Crippen LogP contribution in [0.1, 0.15) is 17.4 Å². The van der Waals surface area contributed by atoms with Crippen molar-refractivity contribution in [1.29, 1.82) is 0 Å². The highest BCUT2D eigenvalue weighted by atomic mass is 19.1. The van der Waals surface area contributed by atoms with Gasteiger partial charge in [0, 0.05) is 17.3 Å². The number of aryl methyl sites for hydroxylation is 1. The van der Waals surface area contributed by atoms with Crippen LogP contribution in [-0.4, -0.2) is 24.3 Å². The lowest BCUT2D eigenvalue weighted by atomic mass is 10.1. The number of fused-ring (bicyclic) bond motifs is 1. The zero-order chi connectivity index (χ0) is 15.9. The highest BCUT2D eigenvalue weighted by Gasteiger charge is 2.17. The van der Waals surface area contributed by atoms with Gasteiger partial charge in [0.15, 0.2) is 0 Å². The number of aromatic nitrogens is 4. The second kappa shape index (κ2) is 5.30. The van der Waals surface area contributed by atoms with Gasteiger partial charge in [0.1, 0.15) is 18.0 Å². The van der Waals surface area contributed by atoms with Crippen LogP contribution in [0.3, 0.4) is 0 Å². The van der Waals surface area contributed by atoms with E-state index in [2.05, 4.69) is 10.1 Å². The summed E-state index contributed by atoms with van der Waals surface area (Å²) in [5.74, 6) is -1.12. The van der Waals surface area contributed by atoms with Crippen molar-refractivity contribution in [2.45, 2.75) is 19.6 Å². The average Bonchev–Trinajstić information content (AvgIpc) is 2.95. The van der Waals surface area contributed by atoms with Gasteiger partial charge in [-0.2, -0.15) is 14.6 Å². The number of aliphatic hydroxyl groups is 1. The summed E-state index contributed by atoms with van der Waals surface area (Å²) < 4.78 is 29.5. The van der Waals surface area contributed by atoms with Gasteiger partial charge in [0.25, 0.3) is 5.56 Å². The van der Waals surface area contributed by atoms with E-state index in [0.717, 1.165) is 22.7 Å². The van der Waals surface area contributed by atoms with Crippen LogP contribution in [0.15, 0.2) is 35.4 Å². The number of nitrogens with zero attached hydrogens (tertiary/aromatic N) is 4. The normalized spacial score (nSPS) is 12.7. The molecular weight excluding hydrogens is 294 g/mol. The fourth-order valence-electron chi connectivity index (χ4n) is 2.32. The molecule has 114 valence electrons. The number of benzene rings is 1. The van der Waals surface area contributed by atoms with Crippen molar-refractivity contribution in [3.8, 4) is 0 Å². The summed E-state index contributed by atoms with van der Waals surface area (Å²) in [6.45, 7) is 1.57. The Balaban J connectivity index is 2.05. The van der Waals surface area contributed by atoms with Crippen molar-refractivity contribution >= 4 is 5.78 Å². The summed E-state index contributed by atoms with van der Waals surface area (Å²) in [5.41, 5.74) is 0.0183. The van der Waals surface area contributed by atoms with E-state index in [1.54, 1.807) is 6.92 Å². The number of aliphatic hydroxyl groups excluding tert-OH is 1. The Bertz CT molecular complexity index is 903. The summed E-state index contributed by atoms with van der Waals surface area (Å²) in [4.78, 5) is 15.7. The van der Waals surface area contributed by atoms with Crippen LogP contribution in [-0.2, 0) is 6.54 Å². The SMILES string of the molecule is Cc1cc(=O)n2ncnc2n1C[C@H](O)c1cc(F)ccc1F. The lowest BCUT2D eigenvalue weighted by Crippen LogP contribution is -2.22. The van der Waals surface area contributed by atoms with Crippen LogP contribution < -0.4 is 5.56 Å². The lowest BCUT2D eigenvalue weighted by molar-refractivity contribution is 0.151. The fourth-order valence-corrected chi connectivity index (χ4v) is 2.32. The predicted molar refractivity (Wildman–Crippen MR) is 73.3 cm³/mol. The van der Waals surface area contributed by atoms with Crippen molar-refractivity contribution in [2.75, 3.05) is 0 Å². The van der Waals surface area contributed by atoms with Crippen LogP contribution in [0.2, 0.25) is 0 Å². The summed E-state index contributed by atoms with van der Waals surface area (Å²) in [5, 5.41) is 14.0. The number of rotatable bonds is 3. The molecule has 3 aromatic rings. The maximum atomic E-state index is 13.7. The molecule has 3 rings (SSSR count). The second-order valence-corrected chi connectivity index (χ2v) is 4.89. The quantitative estimate of drug-likeness (QED) is 0.789. The van der Waals surface area contributed by atoms with Crippen LogP contribution in [0.25, 0.3) is 5.78 Å². The first-order chi connectivity index (χ1) is 10.5. The molecule has 6 nitrogen and oxygen atoms in total. The Morgan fingerprint density at radius 1 is 1.32 bits per heavy atom. The molecule has 22 heavy (non-hydrogen) atoms. The highest BCUT2D eigenvalue weighted by molar-refractivity contribution is 5.30. The van der Waals surface area contributed by atoms with Gasteiger partial charge in [-0.25, -0.2) is 8.78 Å². The molecule has 0 saturated carbocycles. The van der Waals surface area contributed by atoms with Crippen molar-refractivity contribution < 1.29 is 13.9 Å². The van der Waals surface area contributed by atoms with E-state index in [0.29, 0.717) is 5.69 Å². The molecule has 2 aromatic heterocycles. The molecule has 0 bridgehead atoms. The van der Waals surface area contributed by atoms with Crippen molar-refractivity contribution in [3.63, 3.8) is 0 Å². The van der Waals surface area contributed by atoms with Gasteiger partial charge in [0.2, 0.25) is 5.78 Å². The van der Waals surface area contributed by atoms with Crippen molar-refractivity contribution in [1.82, 2.24) is 19.2 Å². The smallest absolute Gasteiger partial charge is 0.275 e. The van der Waals surface area contributed by atoms with Crippen LogP contribution >= 0.6 is 0 Å². The Morgan fingerprint density at radius 2 is 2.09 bits per heavy atom. The van der Waals surface area contributed by atoms with E-state index in [1.807, 2.05) is 0 Å². The van der Waals surface area contributed by atoms with Crippen LogP contribution in [0.5, 0.6) is 0 Å². The molecule has 0 aliphatic rings. The standard InChI is InChI=1S/C14H12F2N4O2/c1-8-4-13(22)20-14(17-7-18-20)19(8)6-12(21)10-5-9(15)2-3-11(10)16/h2-5,7,12,21H,6H2,1H3/t12-/m0/s1. The van der Waals surface area contributed by atoms with E-state index in [-0.39, 0.29) is 23.4 Å². The number of hydrogen-bond donors (Lipinski definition) is 1. The predicted octanol–water partition coefficient (Wildman–Crippen LogP) is 1.21. The van der Waals surface area contributed by atoms with Crippen molar-refractivity contribution in [2.24, 2.45) is 0 Å². The lowest BCUT2D eigenvalue weighted by Gasteiger charge is -2.17. The fraction of sp³-hybridized carbons (Fsp3) is 0.214.